The van der Waals surface area contributed by atoms with Crippen molar-refractivity contribution in [3.05, 3.63) is 0 Å². The SMILES string of the molecule is CC(C)CN1CCCN(C)CC1CN. The Morgan fingerprint density at radius 2 is 2.07 bits per heavy atom. The van der Waals surface area contributed by atoms with E-state index in [0.717, 1.165) is 19.0 Å². The summed E-state index contributed by atoms with van der Waals surface area (Å²) in [5, 5.41) is 0. The molecule has 0 bridgehead atoms. The van der Waals surface area contributed by atoms with E-state index < -0.39 is 0 Å². The standard InChI is InChI=1S/C11H25N3/c1-10(2)8-14-6-4-5-13(3)9-11(14)7-12/h10-11H,4-9,12H2,1-3H3. The second-order valence-electron chi connectivity index (χ2n) is 4.89. The minimum Gasteiger partial charge on any atom is -0.329 e. The molecule has 3 heteroatoms. The van der Waals surface area contributed by atoms with Crippen LogP contribution in [0.1, 0.15) is 20.3 Å². The Morgan fingerprint density at radius 1 is 1.36 bits per heavy atom. The lowest BCUT2D eigenvalue weighted by Gasteiger charge is -2.31. The minimum atomic E-state index is 0.560. The number of rotatable bonds is 3. The van der Waals surface area contributed by atoms with Gasteiger partial charge in [-0.15, -0.1) is 0 Å². The van der Waals surface area contributed by atoms with Gasteiger partial charge in [-0.1, -0.05) is 13.8 Å². The molecule has 1 atom stereocenters. The maximum atomic E-state index is 5.83. The van der Waals surface area contributed by atoms with Gasteiger partial charge in [0.25, 0.3) is 0 Å². The van der Waals surface area contributed by atoms with Crippen molar-refractivity contribution in [3.8, 4) is 0 Å². The molecule has 0 aromatic rings. The van der Waals surface area contributed by atoms with E-state index in [1.165, 1.54) is 26.1 Å². The molecular formula is C11H25N3. The summed E-state index contributed by atoms with van der Waals surface area (Å²) in [7, 11) is 2.20. The zero-order valence-corrected chi connectivity index (χ0v) is 9.87. The fourth-order valence-corrected chi connectivity index (χ4v) is 2.23. The molecule has 0 saturated carbocycles. The Hall–Kier alpha value is -0.120. The topological polar surface area (TPSA) is 32.5 Å². The summed E-state index contributed by atoms with van der Waals surface area (Å²) in [5.41, 5.74) is 5.83. The first kappa shape index (κ1) is 12.0. The lowest BCUT2D eigenvalue weighted by atomic mass is 10.1. The van der Waals surface area contributed by atoms with Crippen LogP contribution in [0.15, 0.2) is 0 Å². The first-order chi connectivity index (χ1) is 6.63. The van der Waals surface area contributed by atoms with E-state index in [-0.39, 0.29) is 0 Å². The average molecular weight is 199 g/mol. The van der Waals surface area contributed by atoms with E-state index in [1.54, 1.807) is 0 Å². The van der Waals surface area contributed by atoms with Gasteiger partial charge in [-0.3, -0.25) is 4.90 Å². The van der Waals surface area contributed by atoms with Gasteiger partial charge in [-0.2, -0.15) is 0 Å². The molecule has 1 aliphatic heterocycles. The molecule has 1 unspecified atom stereocenters. The normalized spacial score (nSPS) is 26.8. The van der Waals surface area contributed by atoms with Gasteiger partial charge in [-0.05, 0) is 32.5 Å². The molecule has 14 heavy (non-hydrogen) atoms. The Kier molecular flexibility index (Phi) is 4.85. The summed E-state index contributed by atoms with van der Waals surface area (Å²) in [6.45, 7) is 10.1. The molecule has 0 radical (unpaired) electrons. The number of hydrogen-bond donors (Lipinski definition) is 1. The van der Waals surface area contributed by atoms with Gasteiger partial charge in [-0.25, -0.2) is 0 Å². The van der Waals surface area contributed by atoms with Crippen LogP contribution in [0.2, 0.25) is 0 Å². The Morgan fingerprint density at radius 3 is 2.64 bits per heavy atom. The molecule has 1 saturated heterocycles. The molecule has 0 aromatic carbocycles. The van der Waals surface area contributed by atoms with E-state index in [9.17, 15) is 0 Å². The largest absolute Gasteiger partial charge is 0.329 e. The van der Waals surface area contributed by atoms with Gasteiger partial charge in [0.1, 0.15) is 0 Å². The van der Waals surface area contributed by atoms with Crippen molar-refractivity contribution in [2.45, 2.75) is 26.3 Å². The van der Waals surface area contributed by atoms with Crippen LogP contribution in [-0.4, -0.2) is 55.6 Å². The van der Waals surface area contributed by atoms with Crippen molar-refractivity contribution in [1.29, 1.82) is 0 Å². The van der Waals surface area contributed by atoms with Crippen LogP contribution < -0.4 is 5.73 Å². The lowest BCUT2D eigenvalue weighted by Crippen LogP contribution is -2.46. The van der Waals surface area contributed by atoms with E-state index in [0.29, 0.717) is 6.04 Å². The molecule has 0 aliphatic carbocycles. The van der Waals surface area contributed by atoms with Crippen LogP contribution >= 0.6 is 0 Å². The quantitative estimate of drug-likeness (QED) is 0.723. The highest BCUT2D eigenvalue weighted by molar-refractivity contribution is 4.79. The van der Waals surface area contributed by atoms with Gasteiger partial charge in [0.2, 0.25) is 0 Å². The summed E-state index contributed by atoms with van der Waals surface area (Å²) in [6, 6.07) is 0.560. The van der Waals surface area contributed by atoms with Crippen LogP contribution in [0.5, 0.6) is 0 Å². The monoisotopic (exact) mass is 199 g/mol. The highest BCUT2D eigenvalue weighted by Gasteiger charge is 2.22. The van der Waals surface area contributed by atoms with Crippen LogP contribution in [0.25, 0.3) is 0 Å². The Labute approximate surface area is 88.2 Å². The highest BCUT2D eigenvalue weighted by atomic mass is 15.2. The summed E-state index contributed by atoms with van der Waals surface area (Å²) in [6.07, 6.45) is 1.28. The highest BCUT2D eigenvalue weighted by Crippen LogP contribution is 2.10. The van der Waals surface area contributed by atoms with Gasteiger partial charge in [0.05, 0.1) is 0 Å². The van der Waals surface area contributed by atoms with Crippen LogP contribution in [0.3, 0.4) is 0 Å². The third kappa shape index (κ3) is 3.56. The maximum Gasteiger partial charge on any atom is 0.0345 e. The van der Waals surface area contributed by atoms with Crippen molar-refractivity contribution in [3.63, 3.8) is 0 Å². The zero-order chi connectivity index (χ0) is 10.6. The molecule has 1 fully saturated rings. The van der Waals surface area contributed by atoms with Crippen molar-refractivity contribution in [1.82, 2.24) is 9.80 Å². The van der Waals surface area contributed by atoms with Crippen molar-refractivity contribution in [2.24, 2.45) is 11.7 Å². The molecule has 0 amide bonds. The number of hydrogen-bond acceptors (Lipinski definition) is 3. The molecule has 1 heterocycles. The Balaban J connectivity index is 2.51. The molecule has 2 N–H and O–H groups in total. The molecule has 1 rings (SSSR count). The molecule has 1 aliphatic rings. The van der Waals surface area contributed by atoms with E-state index >= 15 is 0 Å². The zero-order valence-electron chi connectivity index (χ0n) is 9.87. The summed E-state index contributed by atoms with van der Waals surface area (Å²) >= 11 is 0. The van der Waals surface area contributed by atoms with Gasteiger partial charge in [0, 0.05) is 25.7 Å². The second-order valence-corrected chi connectivity index (χ2v) is 4.89. The second kappa shape index (κ2) is 5.69. The minimum absolute atomic E-state index is 0.560. The van der Waals surface area contributed by atoms with Crippen molar-refractivity contribution in [2.75, 3.05) is 39.8 Å². The lowest BCUT2D eigenvalue weighted by molar-refractivity contribution is 0.175. The first-order valence-corrected chi connectivity index (χ1v) is 5.76. The number of likely N-dealkylation sites (N-methyl/N-ethyl adjacent to an activating group) is 1. The fraction of sp³-hybridized carbons (Fsp3) is 1.00. The predicted octanol–water partition coefficient (Wildman–Crippen LogP) is 0.607. The third-order valence-electron chi connectivity index (χ3n) is 2.90. The summed E-state index contributed by atoms with van der Waals surface area (Å²) in [5.74, 6) is 0.743. The Bertz CT molecular complexity index is 159. The van der Waals surface area contributed by atoms with Crippen molar-refractivity contribution >= 4 is 0 Å². The molecular weight excluding hydrogens is 174 g/mol. The van der Waals surface area contributed by atoms with Crippen LogP contribution in [-0.2, 0) is 0 Å². The van der Waals surface area contributed by atoms with Gasteiger partial charge >= 0.3 is 0 Å². The molecule has 3 nitrogen and oxygen atoms in total. The van der Waals surface area contributed by atoms with E-state index in [4.69, 9.17) is 5.73 Å². The van der Waals surface area contributed by atoms with Crippen molar-refractivity contribution < 1.29 is 0 Å². The summed E-state index contributed by atoms with van der Waals surface area (Å²) < 4.78 is 0. The van der Waals surface area contributed by atoms with Gasteiger partial charge in [0.15, 0.2) is 0 Å². The van der Waals surface area contributed by atoms with Gasteiger partial charge < -0.3 is 10.6 Å². The maximum absolute atomic E-state index is 5.83. The molecule has 0 spiro atoms. The average Bonchev–Trinajstić information content (AvgIpc) is 2.27. The number of nitrogens with two attached hydrogens (primary N) is 1. The fourth-order valence-electron chi connectivity index (χ4n) is 2.23. The number of nitrogens with zero attached hydrogens (tertiary/aromatic N) is 2. The van der Waals surface area contributed by atoms with E-state index in [2.05, 4.69) is 30.7 Å². The summed E-state index contributed by atoms with van der Waals surface area (Å²) in [4.78, 5) is 4.96. The van der Waals surface area contributed by atoms with Crippen LogP contribution in [0.4, 0.5) is 0 Å². The first-order valence-electron chi connectivity index (χ1n) is 5.76. The molecule has 84 valence electrons. The smallest absolute Gasteiger partial charge is 0.0345 e. The molecule has 0 aromatic heterocycles. The predicted molar refractivity (Wildman–Crippen MR) is 61.4 cm³/mol. The van der Waals surface area contributed by atoms with Crippen LogP contribution in [0, 0.1) is 5.92 Å². The third-order valence-corrected chi connectivity index (χ3v) is 2.90. The van der Waals surface area contributed by atoms with E-state index in [1.807, 2.05) is 0 Å².